The molecule has 1 aliphatic heterocycles. The molecule has 4 heterocycles. The average molecular weight is 511 g/mol. The van der Waals surface area contributed by atoms with E-state index in [9.17, 15) is 9.90 Å². The quantitative estimate of drug-likeness (QED) is 0.384. The molecule has 0 aliphatic carbocycles. The number of halogens is 1. The Bertz CT molecular complexity index is 1350. The highest BCUT2D eigenvalue weighted by atomic mass is 79.9. The predicted octanol–water partition coefficient (Wildman–Crippen LogP) is 2.35. The fourth-order valence-electron chi connectivity index (χ4n) is 4.37. The van der Waals surface area contributed by atoms with Gasteiger partial charge in [-0.3, -0.25) is 9.78 Å². The number of amides is 1. The van der Waals surface area contributed by atoms with Gasteiger partial charge in [0.1, 0.15) is 5.82 Å². The van der Waals surface area contributed by atoms with E-state index in [-0.39, 0.29) is 5.92 Å². The maximum atomic E-state index is 12.2. The normalized spacial score (nSPS) is 15.9. The Kier molecular flexibility index (Phi) is 5.73. The number of hydrogen-bond acceptors (Lipinski definition) is 7. The van der Waals surface area contributed by atoms with Gasteiger partial charge in [0.25, 0.3) is 5.91 Å². The number of piperidine rings is 1. The number of rotatable bonds is 4. The maximum absolute atomic E-state index is 12.2. The molecule has 3 aromatic heterocycles. The van der Waals surface area contributed by atoms with Crippen LogP contribution in [-0.4, -0.2) is 66.4 Å². The van der Waals surface area contributed by atoms with E-state index in [0.717, 1.165) is 27.7 Å². The molecule has 0 spiro atoms. The number of benzene rings is 1. The first kappa shape index (κ1) is 21.7. The zero-order chi connectivity index (χ0) is 23.1. The number of aromatic nitrogens is 4. The molecule has 0 saturated carbocycles. The van der Waals surface area contributed by atoms with Crippen LogP contribution in [0.1, 0.15) is 24.5 Å². The highest BCUT2D eigenvalue weighted by Crippen LogP contribution is 2.37. The maximum Gasteiger partial charge on any atom is 0.253 e. The number of carbonyl (C=O) groups excluding carboxylic acids is 1. The minimum atomic E-state index is -1.37. The van der Waals surface area contributed by atoms with Crippen LogP contribution in [0.5, 0.6) is 0 Å². The number of aliphatic hydroxyl groups excluding tert-OH is 2. The predicted molar refractivity (Wildman–Crippen MR) is 127 cm³/mol. The lowest BCUT2D eigenvalue weighted by Gasteiger charge is -2.33. The number of para-hydroxylation sites is 1. The van der Waals surface area contributed by atoms with E-state index in [4.69, 9.17) is 15.8 Å². The van der Waals surface area contributed by atoms with Crippen molar-refractivity contribution in [1.29, 1.82) is 0 Å². The molecule has 0 radical (unpaired) electrons. The Balaban J connectivity index is 1.49. The Morgan fingerprint density at radius 3 is 2.76 bits per heavy atom. The first-order chi connectivity index (χ1) is 16.0. The molecule has 1 aliphatic rings. The second-order valence-electron chi connectivity index (χ2n) is 8.20. The molecule has 9 nitrogen and oxygen atoms in total. The third-order valence-electron chi connectivity index (χ3n) is 6.20. The van der Waals surface area contributed by atoms with Gasteiger partial charge in [-0.05, 0) is 40.9 Å². The van der Waals surface area contributed by atoms with Gasteiger partial charge in [0, 0.05) is 41.7 Å². The first-order valence-corrected chi connectivity index (χ1v) is 11.5. The van der Waals surface area contributed by atoms with Crippen molar-refractivity contribution in [2.24, 2.45) is 0 Å². The van der Waals surface area contributed by atoms with E-state index in [1.54, 1.807) is 15.6 Å². The Morgan fingerprint density at radius 2 is 2.00 bits per heavy atom. The van der Waals surface area contributed by atoms with Crippen LogP contribution in [0.2, 0.25) is 0 Å². The van der Waals surface area contributed by atoms with E-state index in [1.165, 1.54) is 0 Å². The molecular formula is C23H23BrN6O3. The number of nitrogen functional groups attached to an aromatic ring is 1. The van der Waals surface area contributed by atoms with Crippen molar-refractivity contribution in [2.75, 3.05) is 25.4 Å². The van der Waals surface area contributed by atoms with E-state index in [2.05, 4.69) is 32.1 Å². The summed E-state index contributed by atoms with van der Waals surface area (Å²) in [6.07, 6.45) is 3.54. The number of fused-ring (bicyclic) bond motifs is 2. The lowest BCUT2D eigenvalue weighted by Crippen LogP contribution is -2.44. The molecule has 4 N–H and O–H groups in total. The van der Waals surface area contributed by atoms with E-state index >= 15 is 0 Å². The number of likely N-dealkylation sites (tertiary alicyclic amines) is 1. The number of nitrogens with zero attached hydrogens (tertiary/aromatic N) is 5. The van der Waals surface area contributed by atoms with Gasteiger partial charge in [0.2, 0.25) is 0 Å². The molecule has 1 saturated heterocycles. The second-order valence-corrected chi connectivity index (χ2v) is 9.00. The Labute approximate surface area is 198 Å². The minimum Gasteiger partial charge on any atom is -0.393 e. The largest absolute Gasteiger partial charge is 0.393 e. The van der Waals surface area contributed by atoms with Gasteiger partial charge >= 0.3 is 0 Å². The molecule has 1 amide bonds. The Hall–Kier alpha value is -3.08. The topological polar surface area (TPSA) is 130 Å². The van der Waals surface area contributed by atoms with Gasteiger partial charge in [-0.2, -0.15) is 9.61 Å². The van der Waals surface area contributed by atoms with Gasteiger partial charge in [0.15, 0.2) is 11.8 Å². The average Bonchev–Trinajstić information content (AvgIpc) is 3.29. The van der Waals surface area contributed by atoms with Gasteiger partial charge < -0.3 is 20.8 Å². The summed E-state index contributed by atoms with van der Waals surface area (Å²) in [6, 6.07) is 9.99. The third kappa shape index (κ3) is 3.84. The summed E-state index contributed by atoms with van der Waals surface area (Å²) in [6.45, 7) is 0.369. The van der Waals surface area contributed by atoms with Crippen molar-refractivity contribution < 1.29 is 15.0 Å². The number of aliphatic hydroxyl groups is 2. The first-order valence-electron chi connectivity index (χ1n) is 10.7. The zero-order valence-electron chi connectivity index (χ0n) is 17.7. The number of pyridine rings is 1. The van der Waals surface area contributed by atoms with E-state index in [1.807, 2.05) is 30.5 Å². The van der Waals surface area contributed by atoms with Crippen molar-refractivity contribution in [3.05, 3.63) is 52.9 Å². The van der Waals surface area contributed by atoms with Crippen molar-refractivity contribution in [1.82, 2.24) is 24.5 Å². The molecule has 1 fully saturated rings. The van der Waals surface area contributed by atoms with Gasteiger partial charge in [-0.15, -0.1) is 0 Å². The number of carbonyl (C=O) groups is 1. The molecule has 170 valence electrons. The van der Waals surface area contributed by atoms with Crippen molar-refractivity contribution >= 4 is 44.2 Å². The minimum absolute atomic E-state index is 0.0828. The van der Waals surface area contributed by atoms with Crippen molar-refractivity contribution in [3.8, 4) is 11.1 Å². The van der Waals surface area contributed by atoms with Crippen molar-refractivity contribution in [3.63, 3.8) is 0 Å². The highest BCUT2D eigenvalue weighted by molar-refractivity contribution is 9.10. The van der Waals surface area contributed by atoms with E-state index in [0.29, 0.717) is 41.9 Å². The summed E-state index contributed by atoms with van der Waals surface area (Å²) in [7, 11) is 0. The van der Waals surface area contributed by atoms with Crippen molar-refractivity contribution in [2.45, 2.75) is 24.9 Å². The summed E-state index contributed by atoms with van der Waals surface area (Å²) < 4.78 is 2.32. The SMILES string of the molecule is Nc1c(Br)c(C2CCN(C(=O)[C@H](O)CO)CC2)nc2c(-c3cnc4ccccc4c3)cnn12. The van der Waals surface area contributed by atoms with Crippen LogP contribution in [0.3, 0.4) is 0 Å². The molecule has 5 rings (SSSR count). The second kappa shape index (κ2) is 8.69. The summed E-state index contributed by atoms with van der Waals surface area (Å²) in [4.78, 5) is 23.3. The molecular weight excluding hydrogens is 488 g/mol. The zero-order valence-corrected chi connectivity index (χ0v) is 19.3. The van der Waals surface area contributed by atoms with Crippen LogP contribution >= 0.6 is 15.9 Å². The van der Waals surface area contributed by atoms with Crippen LogP contribution < -0.4 is 5.73 Å². The fourth-order valence-corrected chi connectivity index (χ4v) is 4.95. The molecule has 4 aromatic rings. The van der Waals surface area contributed by atoms with Gasteiger partial charge in [-0.25, -0.2) is 4.98 Å². The summed E-state index contributed by atoms with van der Waals surface area (Å²) in [5.74, 6) is 0.100. The monoisotopic (exact) mass is 510 g/mol. The van der Waals surface area contributed by atoms with Crippen LogP contribution in [0, 0.1) is 0 Å². The molecule has 33 heavy (non-hydrogen) atoms. The highest BCUT2D eigenvalue weighted by Gasteiger charge is 2.30. The lowest BCUT2D eigenvalue weighted by atomic mass is 9.92. The summed E-state index contributed by atoms with van der Waals surface area (Å²) in [5, 5.41) is 24.2. The molecule has 0 unspecified atom stereocenters. The standard InChI is InChI=1S/C23H23BrN6O3/c24-19-20(13-5-7-29(8-6-13)23(33)18(32)12-31)28-22-16(11-27-30(22)21(19)25)15-9-14-3-1-2-4-17(14)26-10-15/h1-4,9-11,13,18,31-32H,5-8,12,25H2/t18-/m1/s1. The summed E-state index contributed by atoms with van der Waals surface area (Å²) in [5.41, 5.74) is 10.6. The number of anilines is 1. The summed E-state index contributed by atoms with van der Waals surface area (Å²) >= 11 is 3.60. The van der Waals surface area contributed by atoms with Gasteiger partial charge in [-0.1, -0.05) is 18.2 Å². The van der Waals surface area contributed by atoms with Gasteiger partial charge in [0.05, 0.1) is 28.5 Å². The van der Waals surface area contributed by atoms with E-state index < -0.39 is 18.6 Å². The molecule has 0 bridgehead atoms. The smallest absolute Gasteiger partial charge is 0.253 e. The number of nitrogens with two attached hydrogens (primary N) is 1. The number of hydrogen-bond donors (Lipinski definition) is 3. The lowest BCUT2D eigenvalue weighted by molar-refractivity contribution is -0.143. The van der Waals surface area contributed by atoms with Crippen LogP contribution in [0.4, 0.5) is 5.82 Å². The van der Waals surface area contributed by atoms with Crippen LogP contribution in [-0.2, 0) is 4.79 Å². The third-order valence-corrected chi connectivity index (χ3v) is 7.01. The van der Waals surface area contributed by atoms with Crippen LogP contribution in [0.15, 0.2) is 47.2 Å². The van der Waals surface area contributed by atoms with Crippen LogP contribution in [0.25, 0.3) is 27.7 Å². The molecule has 1 atom stereocenters. The fraction of sp³-hybridized carbons (Fsp3) is 0.304. The Morgan fingerprint density at radius 1 is 1.24 bits per heavy atom. The molecule has 1 aromatic carbocycles. The molecule has 10 heteroatoms.